The highest BCUT2D eigenvalue weighted by Gasteiger charge is 2.31. The van der Waals surface area contributed by atoms with Gasteiger partial charge in [0, 0.05) is 37.5 Å². The van der Waals surface area contributed by atoms with Gasteiger partial charge in [0.1, 0.15) is 18.1 Å². The van der Waals surface area contributed by atoms with Gasteiger partial charge < -0.3 is 42.7 Å². The summed E-state index contributed by atoms with van der Waals surface area (Å²) in [6.07, 6.45) is 2.07. The number of carbonyl (C=O) groups excluding carboxylic acids is 6. The number of hydrogen-bond acceptors (Lipinski definition) is 8. The summed E-state index contributed by atoms with van der Waals surface area (Å²) in [7, 11) is 0. The lowest BCUT2D eigenvalue weighted by Crippen LogP contribution is -2.58. The molecule has 6 amide bonds. The van der Waals surface area contributed by atoms with Crippen LogP contribution >= 0.6 is 0 Å². The molecule has 0 aliphatic heterocycles. The fourth-order valence-corrected chi connectivity index (χ4v) is 5.59. The van der Waals surface area contributed by atoms with Crippen molar-refractivity contribution in [3.63, 3.8) is 0 Å². The highest BCUT2D eigenvalue weighted by Crippen LogP contribution is 2.12. The zero-order valence-electron chi connectivity index (χ0n) is 32.7. The summed E-state index contributed by atoms with van der Waals surface area (Å²) in [5.41, 5.74) is 6.37. The van der Waals surface area contributed by atoms with E-state index in [0.717, 1.165) is 0 Å². The van der Waals surface area contributed by atoms with Crippen molar-refractivity contribution >= 4 is 41.4 Å². The molecule has 0 heterocycles. The number of nitrogens with two attached hydrogens (primary N) is 1. The summed E-state index contributed by atoms with van der Waals surface area (Å²) < 4.78 is 0. The number of carbonyl (C=O) groups is 7. The Labute approximate surface area is 314 Å². The van der Waals surface area contributed by atoms with E-state index in [4.69, 9.17) is 10.8 Å². The molecule has 0 aromatic heterocycles. The molecule has 1 aromatic rings. The molecule has 6 atom stereocenters. The van der Waals surface area contributed by atoms with Gasteiger partial charge in [0.05, 0.1) is 6.04 Å². The van der Waals surface area contributed by atoms with Crippen LogP contribution < -0.4 is 37.6 Å². The lowest BCUT2D eigenvalue weighted by Gasteiger charge is -2.29. The molecular formula is C38H63N7O8. The minimum Gasteiger partial charge on any atom is -0.481 e. The number of amides is 6. The van der Waals surface area contributed by atoms with Crippen molar-refractivity contribution in [1.82, 2.24) is 31.9 Å². The maximum atomic E-state index is 13.6. The second-order valence-corrected chi connectivity index (χ2v) is 14.5. The predicted octanol–water partition coefficient (Wildman–Crippen LogP) is 2.12. The lowest BCUT2D eigenvalue weighted by atomic mass is 9.97. The molecule has 2 unspecified atom stereocenters. The third kappa shape index (κ3) is 17.7. The Morgan fingerprint density at radius 2 is 1.47 bits per heavy atom. The molecule has 0 radical (unpaired) electrons. The van der Waals surface area contributed by atoms with Crippen LogP contribution in [0.2, 0.25) is 0 Å². The number of primary amides is 1. The van der Waals surface area contributed by atoms with Crippen molar-refractivity contribution < 1.29 is 38.7 Å². The first-order chi connectivity index (χ1) is 24.9. The molecule has 0 fully saturated rings. The van der Waals surface area contributed by atoms with E-state index < -0.39 is 65.7 Å². The molecule has 0 aliphatic rings. The van der Waals surface area contributed by atoms with Gasteiger partial charge in [-0.05, 0) is 61.6 Å². The second kappa shape index (κ2) is 23.9. The van der Waals surface area contributed by atoms with Crippen molar-refractivity contribution in [2.75, 3.05) is 6.54 Å². The average molecular weight is 746 g/mol. The Hall–Kier alpha value is -4.53. The van der Waals surface area contributed by atoms with E-state index in [1.165, 1.54) is 0 Å². The zero-order chi connectivity index (χ0) is 40.2. The number of rotatable bonds is 25. The molecular weight excluding hydrogens is 682 g/mol. The monoisotopic (exact) mass is 745 g/mol. The van der Waals surface area contributed by atoms with Crippen LogP contribution in [0.5, 0.6) is 0 Å². The Balaban J connectivity index is 2.91. The maximum Gasteiger partial charge on any atom is 0.303 e. The van der Waals surface area contributed by atoms with E-state index in [2.05, 4.69) is 31.9 Å². The van der Waals surface area contributed by atoms with Crippen LogP contribution in [-0.2, 0) is 35.3 Å². The first kappa shape index (κ1) is 46.5. The van der Waals surface area contributed by atoms with E-state index >= 15 is 0 Å². The Morgan fingerprint density at radius 1 is 0.792 bits per heavy atom. The van der Waals surface area contributed by atoms with Crippen molar-refractivity contribution in [3.8, 4) is 0 Å². The van der Waals surface area contributed by atoms with Crippen LogP contribution in [-0.4, -0.2) is 83.3 Å². The number of hydrogen-bond donors (Lipinski definition) is 8. The molecule has 53 heavy (non-hydrogen) atoms. The average Bonchev–Trinajstić information content (AvgIpc) is 3.09. The molecule has 0 aliphatic carbocycles. The largest absolute Gasteiger partial charge is 0.481 e. The van der Waals surface area contributed by atoms with Gasteiger partial charge in [-0.1, -0.05) is 73.4 Å². The smallest absolute Gasteiger partial charge is 0.303 e. The van der Waals surface area contributed by atoms with Crippen LogP contribution in [0.4, 0.5) is 0 Å². The molecule has 1 aromatic carbocycles. The number of carboxylic acid groups (broad SMARTS) is 1. The van der Waals surface area contributed by atoms with Crippen LogP contribution in [0.25, 0.3) is 0 Å². The maximum absolute atomic E-state index is 13.6. The summed E-state index contributed by atoms with van der Waals surface area (Å²) in [5, 5.41) is 26.3. The van der Waals surface area contributed by atoms with Gasteiger partial charge in [-0.15, -0.1) is 0 Å². The second-order valence-electron chi connectivity index (χ2n) is 14.5. The molecule has 0 saturated carbocycles. The Kier molecular flexibility index (Phi) is 21.0. The topological polar surface area (TPSA) is 238 Å². The molecule has 15 heteroatoms. The van der Waals surface area contributed by atoms with Gasteiger partial charge in [-0.3, -0.25) is 33.6 Å². The van der Waals surface area contributed by atoms with Crippen LogP contribution in [0.1, 0.15) is 116 Å². The minimum atomic E-state index is -1.01. The highest BCUT2D eigenvalue weighted by molar-refractivity contribution is 5.93. The normalized spacial score (nSPS) is 14.6. The fourth-order valence-electron chi connectivity index (χ4n) is 5.59. The summed E-state index contributed by atoms with van der Waals surface area (Å²) in [5.74, 6) is -3.96. The molecule has 0 spiro atoms. The van der Waals surface area contributed by atoms with Gasteiger partial charge in [0.15, 0.2) is 0 Å². The molecule has 0 bridgehead atoms. The minimum absolute atomic E-state index is 0.0360. The molecule has 298 valence electrons. The number of aliphatic carboxylic acids is 1. The van der Waals surface area contributed by atoms with E-state index in [1.807, 2.05) is 48.5 Å². The fraction of sp³-hybridized carbons (Fsp3) is 0.658. The summed E-state index contributed by atoms with van der Waals surface area (Å²) in [4.78, 5) is 88.2. The molecule has 0 saturated heterocycles. The van der Waals surface area contributed by atoms with Crippen molar-refractivity contribution in [2.24, 2.45) is 23.5 Å². The van der Waals surface area contributed by atoms with Crippen LogP contribution in [0, 0.1) is 17.8 Å². The van der Waals surface area contributed by atoms with Crippen molar-refractivity contribution in [2.45, 2.75) is 137 Å². The summed E-state index contributed by atoms with van der Waals surface area (Å²) in [6.45, 7) is 15.3. The van der Waals surface area contributed by atoms with Gasteiger partial charge in [-0.2, -0.15) is 0 Å². The molecule has 15 nitrogen and oxygen atoms in total. The first-order valence-electron chi connectivity index (χ1n) is 18.7. The number of benzene rings is 1. The van der Waals surface area contributed by atoms with Gasteiger partial charge in [0.25, 0.3) is 0 Å². The number of nitrogens with one attached hydrogen (secondary N) is 6. The Morgan fingerprint density at radius 3 is 2.04 bits per heavy atom. The quantitative estimate of drug-likeness (QED) is 0.0731. The summed E-state index contributed by atoms with van der Waals surface area (Å²) >= 11 is 0. The van der Waals surface area contributed by atoms with Crippen molar-refractivity contribution in [3.05, 3.63) is 35.4 Å². The number of carboxylic acids is 1. The summed E-state index contributed by atoms with van der Waals surface area (Å²) in [6, 6.07) is 2.90. The van der Waals surface area contributed by atoms with E-state index in [-0.39, 0.29) is 56.0 Å². The predicted molar refractivity (Wildman–Crippen MR) is 202 cm³/mol. The lowest BCUT2D eigenvalue weighted by molar-refractivity contribution is -0.137. The van der Waals surface area contributed by atoms with Crippen LogP contribution in [0.3, 0.4) is 0 Å². The van der Waals surface area contributed by atoms with Gasteiger partial charge in [-0.25, -0.2) is 0 Å². The zero-order valence-corrected chi connectivity index (χ0v) is 32.7. The van der Waals surface area contributed by atoms with Crippen molar-refractivity contribution in [1.29, 1.82) is 0 Å². The molecule has 9 N–H and O–H groups in total. The standard InChI is InChI=1S/C38H63N7O8/c1-9-13-29(43-38(53)33(24(7)10-2)44-30(46)16-12-17-31(47)48)36(51)42-28(18-22(3)4)21-40-25(8)35(50)45-32(23(5)6)37(52)41-20-26-14-11-15-27(19-26)34(39)49/h11,14-15,19,22-25,28-29,32-33,40H,9-10,12-13,16-18,20-21H2,1-8H3,(H2,39,49)(H,41,52)(H,42,51)(H,43,53)(H,44,46)(H,45,50)(H,47,48)/t24-,25-,28?,29-,32?,33-/m0/s1. The highest BCUT2D eigenvalue weighted by atomic mass is 16.4. The van der Waals surface area contributed by atoms with Crippen LogP contribution in [0.15, 0.2) is 24.3 Å². The van der Waals surface area contributed by atoms with E-state index in [9.17, 15) is 33.6 Å². The van der Waals surface area contributed by atoms with E-state index in [0.29, 0.717) is 36.8 Å². The first-order valence-corrected chi connectivity index (χ1v) is 18.7. The van der Waals surface area contributed by atoms with Gasteiger partial charge in [0.2, 0.25) is 35.4 Å². The van der Waals surface area contributed by atoms with E-state index in [1.54, 1.807) is 31.2 Å². The molecule has 1 rings (SSSR count). The Bertz CT molecular complexity index is 1390. The van der Waals surface area contributed by atoms with Gasteiger partial charge >= 0.3 is 5.97 Å². The SMILES string of the molecule is CCC[C@H](NC(=O)[C@@H](NC(=O)CCCC(=O)O)[C@@H](C)CC)C(=O)NC(CN[C@@H](C)C(=O)NC(C(=O)NCc1cccc(C(N)=O)c1)C(C)C)CC(C)C. The third-order valence-corrected chi connectivity index (χ3v) is 8.91. The third-order valence-electron chi connectivity index (χ3n) is 8.91.